The van der Waals surface area contributed by atoms with E-state index >= 15 is 0 Å². The molecular formula is C77H128O16P2. The van der Waals surface area contributed by atoms with Gasteiger partial charge in [0, 0.05) is 19.3 Å². The van der Waals surface area contributed by atoms with Crippen LogP contribution in [0.1, 0.15) is 265 Å². The highest BCUT2D eigenvalue weighted by atomic mass is 31.2. The number of carbonyl (C=O) groups is 3. The monoisotopic (exact) mass is 1370 g/mol. The summed E-state index contributed by atoms with van der Waals surface area (Å²) in [6, 6.07) is 0. The fraction of sp³-hybridized carbons (Fsp3) is 0.649. The van der Waals surface area contributed by atoms with Crippen molar-refractivity contribution >= 4 is 33.6 Å². The fourth-order valence-corrected chi connectivity index (χ4v) is 10.6. The van der Waals surface area contributed by atoms with E-state index in [1.165, 1.54) is 38.5 Å². The van der Waals surface area contributed by atoms with Crippen molar-refractivity contribution in [2.75, 3.05) is 39.6 Å². The largest absolute Gasteiger partial charge is 0.472 e. The van der Waals surface area contributed by atoms with E-state index in [0.717, 1.165) is 167 Å². The molecule has 5 unspecified atom stereocenters. The number of esters is 3. The van der Waals surface area contributed by atoms with Crippen LogP contribution < -0.4 is 0 Å². The minimum Gasteiger partial charge on any atom is -0.463 e. The summed E-state index contributed by atoms with van der Waals surface area (Å²) in [6.07, 6.45) is 83.2. The molecule has 0 saturated heterocycles. The molecule has 95 heavy (non-hydrogen) atoms. The van der Waals surface area contributed by atoms with Crippen molar-refractivity contribution < 1.29 is 75.8 Å². The summed E-state index contributed by atoms with van der Waals surface area (Å²) in [4.78, 5) is 58.5. The smallest absolute Gasteiger partial charge is 0.463 e. The van der Waals surface area contributed by atoms with Crippen LogP contribution in [0.15, 0.2) is 146 Å². The third kappa shape index (κ3) is 70.6. The van der Waals surface area contributed by atoms with Gasteiger partial charge in [0.2, 0.25) is 0 Å². The Morgan fingerprint density at radius 3 is 0.895 bits per heavy atom. The number of phosphoric acid groups is 2. The van der Waals surface area contributed by atoms with Crippen molar-refractivity contribution in [1.82, 2.24) is 0 Å². The first-order valence-corrected chi connectivity index (χ1v) is 39.1. The van der Waals surface area contributed by atoms with Crippen molar-refractivity contribution in [2.24, 2.45) is 0 Å². The van der Waals surface area contributed by atoms with Crippen LogP contribution in [-0.2, 0) is 55.8 Å². The summed E-state index contributed by atoms with van der Waals surface area (Å²) in [5, 5.41) is 20.6. The number of rotatable bonds is 67. The number of allylic oxidation sites excluding steroid dienone is 24. The van der Waals surface area contributed by atoms with E-state index in [2.05, 4.69) is 167 Å². The topological polar surface area (TPSA) is 231 Å². The number of aliphatic hydroxyl groups is 2. The highest BCUT2D eigenvalue weighted by Crippen LogP contribution is 2.45. The van der Waals surface area contributed by atoms with Crippen molar-refractivity contribution in [3.8, 4) is 0 Å². The number of hydrogen-bond acceptors (Lipinski definition) is 14. The van der Waals surface area contributed by atoms with Crippen LogP contribution in [0.5, 0.6) is 0 Å². The average Bonchev–Trinajstić information content (AvgIpc) is 1.93. The Labute approximate surface area is 575 Å². The maximum Gasteiger partial charge on any atom is 0.472 e. The Bertz CT molecular complexity index is 2310. The van der Waals surface area contributed by atoms with Crippen molar-refractivity contribution in [3.05, 3.63) is 146 Å². The van der Waals surface area contributed by atoms with Gasteiger partial charge in [-0.2, -0.15) is 0 Å². The lowest BCUT2D eigenvalue weighted by Crippen LogP contribution is -2.30. The summed E-state index contributed by atoms with van der Waals surface area (Å²) in [5.74, 6) is -1.64. The van der Waals surface area contributed by atoms with E-state index in [1.807, 2.05) is 0 Å². The quantitative estimate of drug-likeness (QED) is 0.0146. The first kappa shape index (κ1) is 90.4. The molecule has 0 rings (SSSR count). The maximum absolute atomic E-state index is 12.9. The van der Waals surface area contributed by atoms with Gasteiger partial charge in [0.05, 0.1) is 26.4 Å². The van der Waals surface area contributed by atoms with E-state index in [0.29, 0.717) is 19.3 Å². The molecule has 0 radical (unpaired) electrons. The number of aliphatic hydroxyl groups excluding tert-OH is 2. The van der Waals surface area contributed by atoms with E-state index in [9.17, 15) is 43.5 Å². The van der Waals surface area contributed by atoms with Gasteiger partial charge in [-0.15, -0.1) is 0 Å². The molecule has 0 spiro atoms. The van der Waals surface area contributed by atoms with Crippen molar-refractivity contribution in [1.29, 1.82) is 0 Å². The molecule has 0 amide bonds. The molecule has 18 heteroatoms. The number of ether oxygens (including phenoxy) is 3. The highest BCUT2D eigenvalue weighted by molar-refractivity contribution is 7.47. The molecule has 542 valence electrons. The fourth-order valence-electron chi connectivity index (χ4n) is 9.06. The lowest BCUT2D eigenvalue weighted by Gasteiger charge is -2.21. The first-order valence-electron chi connectivity index (χ1n) is 36.1. The maximum atomic E-state index is 12.9. The molecule has 0 fully saturated rings. The Kier molecular flexibility index (Phi) is 66.0. The van der Waals surface area contributed by atoms with Crippen LogP contribution in [0.2, 0.25) is 0 Å². The standard InChI is InChI=1S/C77H128O16P2/c1-4-7-10-13-16-19-22-25-28-30-32-34-35-37-39-40-43-45-48-51-54-57-60-63-75(80)87-66-72(78)67-89-94(83,84)90-68-73(79)69-91-95(85,86)92-71-74(93-77(82)65-62-59-56-53-50-47-42-27-24-21-18-15-12-9-6-3)70-88-76(81)64-61-58-55-52-49-46-44-41-38-36-33-31-29-26-23-20-17-14-11-8-5-2/h7-8,10-11,16-17,19-20,25-29,32-34,36-37,39,41-45,72-74,78-79H,4-6,9,12-15,18,21-24,30-31,35,38,40,46-71H2,1-3H3,(H,83,84)(H,85,86)/b10-7-,11-8-,19-16-,20-17-,28-25-,29-26-,34-32-,36-33-,39-37-,42-27-,44-41-,45-43-. The van der Waals surface area contributed by atoms with Gasteiger partial charge in [-0.3, -0.25) is 32.5 Å². The first-order chi connectivity index (χ1) is 46.2. The molecule has 5 atom stereocenters. The Morgan fingerprint density at radius 2 is 0.558 bits per heavy atom. The van der Waals surface area contributed by atoms with Gasteiger partial charge in [0.1, 0.15) is 25.4 Å². The van der Waals surface area contributed by atoms with E-state index in [1.54, 1.807) is 0 Å². The highest BCUT2D eigenvalue weighted by Gasteiger charge is 2.29. The molecule has 4 N–H and O–H groups in total. The van der Waals surface area contributed by atoms with Gasteiger partial charge in [-0.05, 0) is 141 Å². The number of unbranched alkanes of at least 4 members (excludes halogenated alkanes) is 20. The predicted octanol–water partition coefficient (Wildman–Crippen LogP) is 20.5. The van der Waals surface area contributed by atoms with E-state index in [4.69, 9.17) is 32.3 Å². The van der Waals surface area contributed by atoms with E-state index in [-0.39, 0.29) is 19.3 Å². The van der Waals surface area contributed by atoms with Crippen LogP contribution in [0.25, 0.3) is 0 Å². The summed E-state index contributed by atoms with van der Waals surface area (Å²) in [6.45, 7) is 2.36. The average molecular weight is 1370 g/mol. The van der Waals surface area contributed by atoms with Gasteiger partial charge in [-0.1, -0.05) is 250 Å². The molecule has 0 saturated carbocycles. The Balaban J connectivity index is 4.70. The second-order valence-corrected chi connectivity index (χ2v) is 26.5. The van der Waals surface area contributed by atoms with Gasteiger partial charge >= 0.3 is 33.6 Å². The second-order valence-electron chi connectivity index (χ2n) is 23.6. The number of phosphoric ester groups is 2. The van der Waals surface area contributed by atoms with Gasteiger partial charge < -0.3 is 34.2 Å². The summed E-state index contributed by atoms with van der Waals surface area (Å²) < 4.78 is 61.0. The normalized spacial score (nSPS) is 15.0. The van der Waals surface area contributed by atoms with Crippen LogP contribution in [0.4, 0.5) is 0 Å². The molecule has 0 aromatic heterocycles. The minimum absolute atomic E-state index is 0.0854. The van der Waals surface area contributed by atoms with Gasteiger partial charge in [0.15, 0.2) is 6.10 Å². The molecule has 0 aromatic rings. The molecule has 0 aliphatic heterocycles. The molecule has 0 heterocycles. The van der Waals surface area contributed by atoms with Crippen molar-refractivity contribution in [2.45, 2.75) is 283 Å². The number of hydrogen-bond donors (Lipinski definition) is 4. The number of carbonyl (C=O) groups excluding carboxylic acids is 3. The lowest BCUT2D eigenvalue weighted by atomic mass is 10.1. The zero-order valence-corrected chi connectivity index (χ0v) is 60.6. The van der Waals surface area contributed by atoms with Crippen LogP contribution in [0.3, 0.4) is 0 Å². The van der Waals surface area contributed by atoms with Crippen LogP contribution >= 0.6 is 15.6 Å². The SMILES string of the molecule is CC/C=C\C/C=C\C/C=C\C/C=C\C/C=C\C/C=C\CCCCCCC(=O)OCC(O)COP(=O)(O)OCC(O)COP(=O)(O)OCC(COC(=O)CCCCCCC/C=C\C/C=C\C/C=C\C/C=C\C/C=C\CC)OC(=O)CCCCCCC/C=C\CCCCCCCC. The second kappa shape index (κ2) is 69.3. The van der Waals surface area contributed by atoms with Crippen molar-refractivity contribution in [3.63, 3.8) is 0 Å². The van der Waals surface area contributed by atoms with Gasteiger partial charge in [0.25, 0.3) is 0 Å². The zero-order valence-electron chi connectivity index (χ0n) is 58.8. The zero-order chi connectivity index (χ0) is 69.5. The summed E-state index contributed by atoms with van der Waals surface area (Å²) in [5.41, 5.74) is 0. The molecular weight excluding hydrogens is 1240 g/mol. The van der Waals surface area contributed by atoms with Gasteiger partial charge in [-0.25, -0.2) is 9.13 Å². The van der Waals surface area contributed by atoms with E-state index < -0.39 is 91.5 Å². The van der Waals surface area contributed by atoms with Crippen LogP contribution in [0, 0.1) is 0 Å². The molecule has 0 aliphatic rings. The lowest BCUT2D eigenvalue weighted by molar-refractivity contribution is -0.161. The third-order valence-corrected chi connectivity index (χ3v) is 16.4. The third-order valence-electron chi connectivity index (χ3n) is 14.5. The summed E-state index contributed by atoms with van der Waals surface area (Å²) in [7, 11) is -9.81. The Morgan fingerprint density at radius 1 is 0.305 bits per heavy atom. The summed E-state index contributed by atoms with van der Waals surface area (Å²) >= 11 is 0. The minimum atomic E-state index is -4.94. The molecule has 0 aliphatic carbocycles. The Hall–Kier alpha value is -4.57. The molecule has 16 nitrogen and oxygen atoms in total. The molecule has 0 aromatic carbocycles. The predicted molar refractivity (Wildman–Crippen MR) is 389 cm³/mol. The molecule has 0 bridgehead atoms. The van der Waals surface area contributed by atoms with Crippen LogP contribution in [-0.4, -0.2) is 95.9 Å².